The molecule has 0 aliphatic carbocycles. The Bertz CT molecular complexity index is 416. The van der Waals surface area contributed by atoms with E-state index in [9.17, 15) is 0 Å². The summed E-state index contributed by atoms with van der Waals surface area (Å²) in [5.74, 6) is 1.12. The quantitative estimate of drug-likeness (QED) is 0.698. The van der Waals surface area contributed by atoms with Gasteiger partial charge in [0.05, 0.1) is 0 Å². The molecule has 1 atom stereocenters. The van der Waals surface area contributed by atoms with E-state index in [1.807, 2.05) is 6.07 Å². The van der Waals surface area contributed by atoms with E-state index in [1.165, 1.54) is 17.0 Å². The summed E-state index contributed by atoms with van der Waals surface area (Å²) in [6, 6.07) is 10.5. The van der Waals surface area contributed by atoms with Crippen molar-refractivity contribution in [2.24, 2.45) is 11.8 Å². The summed E-state index contributed by atoms with van der Waals surface area (Å²) in [4.78, 5) is 2.32. The first kappa shape index (κ1) is 12.0. The molecule has 0 bridgehead atoms. The Kier molecular flexibility index (Phi) is 3.37. The molecule has 0 amide bonds. The molecular weight excluding hydrogens is 206 g/mol. The van der Waals surface area contributed by atoms with Gasteiger partial charge in [-0.25, -0.2) is 0 Å². The normalized spacial score (nSPS) is 20.1. The van der Waals surface area contributed by atoms with Gasteiger partial charge in [0.15, 0.2) is 0 Å². The highest BCUT2D eigenvalue weighted by molar-refractivity contribution is 5.53. The lowest BCUT2D eigenvalue weighted by Crippen LogP contribution is -2.19. The summed E-state index contributed by atoms with van der Waals surface area (Å²) >= 11 is 0. The summed E-state index contributed by atoms with van der Waals surface area (Å²) in [5.41, 5.74) is 3.81. The zero-order chi connectivity index (χ0) is 12.4. The summed E-state index contributed by atoms with van der Waals surface area (Å²) < 4.78 is 0. The van der Waals surface area contributed by atoms with Crippen LogP contribution in [0.15, 0.2) is 54.8 Å². The largest absolute Gasteiger partial charge is 0.345 e. The van der Waals surface area contributed by atoms with E-state index < -0.39 is 0 Å². The monoisotopic (exact) mass is 227 g/mol. The first-order valence-electron chi connectivity index (χ1n) is 6.28. The Labute approximate surface area is 104 Å². The van der Waals surface area contributed by atoms with Crippen LogP contribution in [0.3, 0.4) is 0 Å². The molecule has 1 aliphatic heterocycles. The second kappa shape index (κ2) is 4.79. The topological polar surface area (TPSA) is 3.24 Å². The molecule has 1 saturated heterocycles. The highest BCUT2D eigenvalue weighted by atomic mass is 15.2. The number of benzene rings is 1. The second-order valence-electron chi connectivity index (χ2n) is 5.14. The Morgan fingerprint density at radius 1 is 1.29 bits per heavy atom. The molecule has 0 radical (unpaired) electrons. The molecule has 1 fully saturated rings. The van der Waals surface area contributed by atoms with Crippen molar-refractivity contribution in [1.82, 2.24) is 0 Å². The molecule has 0 N–H and O–H groups in total. The maximum absolute atomic E-state index is 4.23. The molecule has 1 heterocycles. The molecule has 0 saturated carbocycles. The molecule has 1 aromatic carbocycles. The minimum absolute atomic E-state index is 0.558. The van der Waals surface area contributed by atoms with Crippen molar-refractivity contribution in [3.8, 4) is 0 Å². The molecule has 0 spiro atoms. The van der Waals surface area contributed by atoms with E-state index in [1.54, 1.807) is 0 Å². The zero-order valence-corrected chi connectivity index (χ0v) is 10.8. The van der Waals surface area contributed by atoms with Crippen LogP contribution in [0.25, 0.3) is 0 Å². The summed E-state index contributed by atoms with van der Waals surface area (Å²) in [7, 11) is 0. The zero-order valence-electron chi connectivity index (χ0n) is 10.8. The maximum Gasteiger partial charge on any atom is 0.0408 e. The van der Waals surface area contributed by atoms with E-state index in [4.69, 9.17) is 0 Å². The van der Waals surface area contributed by atoms with Gasteiger partial charge in [0, 0.05) is 23.8 Å². The number of hydrogen-bond acceptors (Lipinski definition) is 1. The predicted molar refractivity (Wildman–Crippen MR) is 75.0 cm³/mol. The third kappa shape index (κ3) is 2.44. The lowest BCUT2D eigenvalue weighted by atomic mass is 9.90. The first-order chi connectivity index (χ1) is 8.09. The molecule has 17 heavy (non-hydrogen) atoms. The Morgan fingerprint density at radius 2 is 1.94 bits per heavy atom. The number of allylic oxidation sites excluding steroid dienone is 1. The average molecular weight is 227 g/mol. The fraction of sp³-hybridized carbons (Fsp3) is 0.375. The van der Waals surface area contributed by atoms with Crippen molar-refractivity contribution in [3.63, 3.8) is 0 Å². The lowest BCUT2D eigenvalue weighted by molar-refractivity contribution is 0.596. The number of hydrogen-bond donors (Lipinski definition) is 0. The van der Waals surface area contributed by atoms with E-state index in [-0.39, 0.29) is 0 Å². The fourth-order valence-corrected chi connectivity index (χ4v) is 2.42. The van der Waals surface area contributed by atoms with Crippen LogP contribution >= 0.6 is 0 Å². The maximum atomic E-state index is 4.23. The van der Waals surface area contributed by atoms with Crippen molar-refractivity contribution in [1.29, 1.82) is 0 Å². The van der Waals surface area contributed by atoms with Gasteiger partial charge in [-0.2, -0.15) is 0 Å². The lowest BCUT2D eigenvalue weighted by Gasteiger charge is -2.21. The van der Waals surface area contributed by atoms with Gasteiger partial charge in [0.2, 0.25) is 0 Å². The van der Waals surface area contributed by atoms with Gasteiger partial charge in [-0.3, -0.25) is 0 Å². The van der Waals surface area contributed by atoms with Crippen molar-refractivity contribution >= 4 is 5.69 Å². The number of anilines is 1. The third-order valence-electron chi connectivity index (χ3n) is 3.60. The molecule has 1 unspecified atom stereocenters. The number of nitrogens with zero attached hydrogens (tertiary/aromatic N) is 1. The van der Waals surface area contributed by atoms with Gasteiger partial charge < -0.3 is 4.90 Å². The van der Waals surface area contributed by atoms with Gasteiger partial charge >= 0.3 is 0 Å². The number of rotatable bonds is 3. The Balaban J connectivity index is 2.14. The summed E-state index contributed by atoms with van der Waals surface area (Å²) in [6.07, 6.45) is 1.05. The van der Waals surface area contributed by atoms with Crippen LogP contribution in [0.2, 0.25) is 0 Å². The fourth-order valence-electron chi connectivity index (χ4n) is 2.42. The van der Waals surface area contributed by atoms with Crippen molar-refractivity contribution < 1.29 is 0 Å². The molecule has 2 rings (SSSR count). The Morgan fingerprint density at radius 3 is 2.53 bits per heavy atom. The average Bonchev–Trinajstić information content (AvgIpc) is 2.71. The van der Waals surface area contributed by atoms with Gasteiger partial charge in [-0.05, 0) is 24.5 Å². The van der Waals surface area contributed by atoms with E-state index in [0.29, 0.717) is 11.8 Å². The molecule has 1 aromatic rings. The van der Waals surface area contributed by atoms with Crippen LogP contribution in [-0.2, 0) is 0 Å². The minimum atomic E-state index is 0.558. The number of para-hydroxylation sites is 1. The first-order valence-corrected chi connectivity index (χ1v) is 6.28. The minimum Gasteiger partial charge on any atom is -0.345 e. The predicted octanol–water partition coefficient (Wildman–Crippen LogP) is 4.24. The third-order valence-corrected chi connectivity index (χ3v) is 3.60. The van der Waals surface area contributed by atoms with E-state index >= 15 is 0 Å². The van der Waals surface area contributed by atoms with Gasteiger partial charge in [0.1, 0.15) is 0 Å². The highest BCUT2D eigenvalue weighted by Crippen LogP contribution is 2.35. The summed E-state index contributed by atoms with van der Waals surface area (Å²) in [6.45, 7) is 13.9. The van der Waals surface area contributed by atoms with E-state index in [2.05, 4.69) is 56.2 Å². The van der Waals surface area contributed by atoms with Crippen LogP contribution in [-0.4, -0.2) is 6.54 Å². The van der Waals surface area contributed by atoms with Gasteiger partial charge in [-0.1, -0.05) is 50.8 Å². The van der Waals surface area contributed by atoms with Crippen LogP contribution in [0.5, 0.6) is 0 Å². The van der Waals surface area contributed by atoms with Gasteiger partial charge in [-0.15, -0.1) is 0 Å². The second-order valence-corrected chi connectivity index (χ2v) is 5.14. The molecule has 0 aromatic heterocycles. The van der Waals surface area contributed by atoms with Crippen molar-refractivity contribution in [3.05, 3.63) is 54.8 Å². The molecule has 90 valence electrons. The van der Waals surface area contributed by atoms with Crippen LogP contribution in [0, 0.1) is 11.8 Å². The van der Waals surface area contributed by atoms with Crippen molar-refractivity contribution in [2.75, 3.05) is 11.4 Å². The SMILES string of the molecule is C=C(C(C)C)C1CC(=C)N(c2ccccc2)C1. The smallest absolute Gasteiger partial charge is 0.0408 e. The van der Waals surface area contributed by atoms with Crippen molar-refractivity contribution in [2.45, 2.75) is 20.3 Å². The molecule has 1 heteroatoms. The van der Waals surface area contributed by atoms with Crippen LogP contribution in [0.4, 0.5) is 5.69 Å². The highest BCUT2D eigenvalue weighted by Gasteiger charge is 2.28. The molecular formula is C16H21N. The van der Waals surface area contributed by atoms with E-state index in [0.717, 1.165) is 13.0 Å². The van der Waals surface area contributed by atoms with Gasteiger partial charge in [0.25, 0.3) is 0 Å². The Hall–Kier alpha value is -1.50. The molecule has 1 aliphatic rings. The van der Waals surface area contributed by atoms with Crippen LogP contribution in [0.1, 0.15) is 20.3 Å². The summed E-state index contributed by atoms with van der Waals surface area (Å²) in [5, 5.41) is 0. The molecule has 1 nitrogen and oxygen atoms in total. The standard InChI is InChI=1S/C16H21N/c1-12(2)14(4)15-10-13(3)17(11-15)16-8-6-5-7-9-16/h5-9,12,15H,3-4,10-11H2,1-2H3. The van der Waals surface area contributed by atoms with Crippen LogP contribution < -0.4 is 4.90 Å².